The van der Waals surface area contributed by atoms with E-state index in [1.54, 1.807) is 24.1 Å². The summed E-state index contributed by atoms with van der Waals surface area (Å²) in [6, 6.07) is 3.40. The zero-order valence-corrected chi connectivity index (χ0v) is 13.5. The highest BCUT2D eigenvalue weighted by molar-refractivity contribution is 5.94. The van der Waals surface area contributed by atoms with Crippen LogP contribution in [0.1, 0.15) is 36.0 Å². The number of methoxy groups -OCH3 is 1. The average molecular weight is 317 g/mol. The Morgan fingerprint density at radius 1 is 1.13 bits per heavy atom. The molecule has 6 nitrogen and oxygen atoms in total. The average Bonchev–Trinajstić information content (AvgIpc) is 3.11. The van der Waals surface area contributed by atoms with Gasteiger partial charge in [-0.05, 0) is 31.7 Å². The zero-order valence-electron chi connectivity index (χ0n) is 13.5. The van der Waals surface area contributed by atoms with Gasteiger partial charge < -0.3 is 14.5 Å². The molecule has 0 aromatic carbocycles. The monoisotopic (exact) mass is 317 g/mol. The number of piperidine rings is 1. The summed E-state index contributed by atoms with van der Waals surface area (Å²) in [5.41, 5.74) is 0.539. The summed E-state index contributed by atoms with van der Waals surface area (Å²) in [5.74, 6) is 0.589. The molecule has 0 aliphatic carbocycles. The standard InChI is InChI=1S/C17H23N3O3/c1-23-15-6-5-13(11-18-15)16(21)20-10-7-14(12-20)17(22)19-8-3-2-4-9-19/h5-6,11,14H,2-4,7-10,12H2,1H3/t14-/m0/s1. The van der Waals surface area contributed by atoms with E-state index in [4.69, 9.17) is 4.74 Å². The molecule has 124 valence electrons. The van der Waals surface area contributed by atoms with Gasteiger partial charge in [-0.3, -0.25) is 9.59 Å². The van der Waals surface area contributed by atoms with Crippen LogP contribution >= 0.6 is 0 Å². The van der Waals surface area contributed by atoms with Crippen LogP contribution in [-0.2, 0) is 4.79 Å². The molecule has 2 aliphatic heterocycles. The third kappa shape index (κ3) is 3.46. The SMILES string of the molecule is COc1ccc(C(=O)N2CC[C@H](C(=O)N3CCCCC3)C2)cn1. The summed E-state index contributed by atoms with van der Waals surface area (Å²) in [7, 11) is 1.54. The lowest BCUT2D eigenvalue weighted by Gasteiger charge is -2.29. The Morgan fingerprint density at radius 2 is 1.91 bits per heavy atom. The highest BCUT2D eigenvalue weighted by Gasteiger charge is 2.34. The molecule has 0 unspecified atom stereocenters. The highest BCUT2D eigenvalue weighted by atomic mass is 16.5. The zero-order chi connectivity index (χ0) is 16.2. The van der Waals surface area contributed by atoms with Crippen LogP contribution in [0, 0.1) is 5.92 Å². The summed E-state index contributed by atoms with van der Waals surface area (Å²) in [6.45, 7) is 2.88. The molecule has 3 rings (SSSR count). The number of likely N-dealkylation sites (tertiary alicyclic amines) is 2. The molecule has 2 aliphatic rings. The second-order valence-corrected chi connectivity index (χ2v) is 6.21. The lowest BCUT2D eigenvalue weighted by Crippen LogP contribution is -2.41. The maximum Gasteiger partial charge on any atom is 0.255 e. The first-order valence-electron chi connectivity index (χ1n) is 8.27. The minimum atomic E-state index is -0.0610. The molecule has 23 heavy (non-hydrogen) atoms. The van der Waals surface area contributed by atoms with E-state index < -0.39 is 0 Å². The molecule has 6 heteroatoms. The van der Waals surface area contributed by atoms with Crippen LogP contribution in [0.5, 0.6) is 5.88 Å². The molecule has 0 bridgehead atoms. The van der Waals surface area contributed by atoms with Crippen LogP contribution in [0.25, 0.3) is 0 Å². The van der Waals surface area contributed by atoms with Crippen molar-refractivity contribution in [2.24, 2.45) is 5.92 Å². The molecule has 0 radical (unpaired) electrons. The van der Waals surface area contributed by atoms with Crippen molar-refractivity contribution < 1.29 is 14.3 Å². The number of ether oxygens (including phenoxy) is 1. The minimum absolute atomic E-state index is 0.0525. The molecule has 0 spiro atoms. The molecule has 0 N–H and O–H groups in total. The largest absolute Gasteiger partial charge is 0.481 e. The van der Waals surface area contributed by atoms with Gasteiger partial charge in [0, 0.05) is 38.4 Å². The Kier molecular flexibility index (Phi) is 4.79. The molecule has 1 aromatic rings. The van der Waals surface area contributed by atoms with Crippen molar-refractivity contribution in [2.75, 3.05) is 33.3 Å². The Morgan fingerprint density at radius 3 is 2.57 bits per heavy atom. The Bertz CT molecular complexity index is 567. The first kappa shape index (κ1) is 15.8. The first-order chi connectivity index (χ1) is 11.2. The number of carbonyl (C=O) groups excluding carboxylic acids is 2. The first-order valence-corrected chi connectivity index (χ1v) is 8.27. The van der Waals surface area contributed by atoms with Gasteiger partial charge >= 0.3 is 0 Å². The topological polar surface area (TPSA) is 62.7 Å². The van der Waals surface area contributed by atoms with Gasteiger partial charge in [0.15, 0.2) is 0 Å². The Labute approximate surface area is 136 Å². The Balaban J connectivity index is 1.59. The van der Waals surface area contributed by atoms with Crippen molar-refractivity contribution >= 4 is 11.8 Å². The van der Waals surface area contributed by atoms with Crippen LogP contribution in [0.4, 0.5) is 0 Å². The maximum atomic E-state index is 12.5. The molecule has 1 atom stereocenters. The van der Waals surface area contributed by atoms with Crippen LogP contribution in [0.15, 0.2) is 18.3 Å². The quantitative estimate of drug-likeness (QED) is 0.849. The van der Waals surface area contributed by atoms with Gasteiger partial charge in [-0.2, -0.15) is 0 Å². The number of carbonyl (C=O) groups is 2. The fourth-order valence-corrected chi connectivity index (χ4v) is 3.33. The van der Waals surface area contributed by atoms with Crippen LogP contribution in [0.2, 0.25) is 0 Å². The third-order valence-corrected chi connectivity index (χ3v) is 4.68. The third-order valence-electron chi connectivity index (χ3n) is 4.68. The summed E-state index contributed by atoms with van der Waals surface area (Å²) >= 11 is 0. The lowest BCUT2D eigenvalue weighted by molar-refractivity contribution is -0.135. The van der Waals surface area contributed by atoms with Gasteiger partial charge in [0.1, 0.15) is 0 Å². The van der Waals surface area contributed by atoms with Crippen LogP contribution in [-0.4, -0.2) is 59.9 Å². The van der Waals surface area contributed by atoms with E-state index in [1.165, 1.54) is 12.6 Å². The van der Waals surface area contributed by atoms with Gasteiger partial charge in [-0.25, -0.2) is 4.98 Å². The van der Waals surface area contributed by atoms with Crippen molar-refractivity contribution in [3.05, 3.63) is 23.9 Å². The predicted octanol–water partition coefficient (Wildman–Crippen LogP) is 1.56. The van der Waals surface area contributed by atoms with Gasteiger partial charge in [0.2, 0.25) is 11.8 Å². The second-order valence-electron chi connectivity index (χ2n) is 6.21. The van der Waals surface area contributed by atoms with E-state index in [-0.39, 0.29) is 17.7 Å². The molecule has 2 amide bonds. The number of aromatic nitrogens is 1. The number of hydrogen-bond acceptors (Lipinski definition) is 4. The van der Waals surface area contributed by atoms with E-state index in [0.29, 0.717) is 24.5 Å². The molecule has 1 aromatic heterocycles. The smallest absolute Gasteiger partial charge is 0.255 e. The predicted molar refractivity (Wildman–Crippen MR) is 85.2 cm³/mol. The van der Waals surface area contributed by atoms with Crippen molar-refractivity contribution in [1.29, 1.82) is 0 Å². The fourth-order valence-electron chi connectivity index (χ4n) is 3.33. The molecule has 3 heterocycles. The molecule has 2 fully saturated rings. The number of pyridine rings is 1. The molecular weight excluding hydrogens is 294 g/mol. The summed E-state index contributed by atoms with van der Waals surface area (Å²) in [4.78, 5) is 32.9. The molecule has 2 saturated heterocycles. The van der Waals surface area contributed by atoms with Crippen molar-refractivity contribution in [2.45, 2.75) is 25.7 Å². The number of hydrogen-bond donors (Lipinski definition) is 0. The van der Waals surface area contributed by atoms with Gasteiger partial charge in [-0.1, -0.05) is 0 Å². The lowest BCUT2D eigenvalue weighted by atomic mass is 10.0. The second kappa shape index (κ2) is 6.98. The van der Waals surface area contributed by atoms with E-state index >= 15 is 0 Å². The normalized spacial score (nSPS) is 21.3. The number of nitrogens with zero attached hydrogens (tertiary/aromatic N) is 3. The maximum absolute atomic E-state index is 12.5. The van der Waals surface area contributed by atoms with E-state index in [9.17, 15) is 9.59 Å². The summed E-state index contributed by atoms with van der Waals surface area (Å²) in [6.07, 6.45) is 5.69. The Hall–Kier alpha value is -2.11. The summed E-state index contributed by atoms with van der Waals surface area (Å²) < 4.78 is 5.00. The van der Waals surface area contributed by atoms with Crippen LogP contribution in [0.3, 0.4) is 0 Å². The molecular formula is C17H23N3O3. The fraction of sp³-hybridized carbons (Fsp3) is 0.588. The summed E-state index contributed by atoms with van der Waals surface area (Å²) in [5, 5.41) is 0. The van der Waals surface area contributed by atoms with Gasteiger partial charge in [0.25, 0.3) is 5.91 Å². The number of rotatable bonds is 3. The van der Waals surface area contributed by atoms with E-state index in [2.05, 4.69) is 4.98 Å². The molecule has 0 saturated carbocycles. The van der Waals surface area contributed by atoms with E-state index in [0.717, 1.165) is 32.4 Å². The van der Waals surface area contributed by atoms with Crippen molar-refractivity contribution in [3.63, 3.8) is 0 Å². The van der Waals surface area contributed by atoms with Gasteiger partial charge in [-0.15, -0.1) is 0 Å². The van der Waals surface area contributed by atoms with E-state index in [1.807, 2.05) is 4.90 Å². The van der Waals surface area contributed by atoms with Gasteiger partial charge in [0.05, 0.1) is 18.6 Å². The van der Waals surface area contributed by atoms with Crippen molar-refractivity contribution in [1.82, 2.24) is 14.8 Å². The van der Waals surface area contributed by atoms with Crippen LogP contribution < -0.4 is 4.74 Å². The highest BCUT2D eigenvalue weighted by Crippen LogP contribution is 2.23. The minimum Gasteiger partial charge on any atom is -0.481 e. The number of amides is 2. The van der Waals surface area contributed by atoms with Crippen molar-refractivity contribution in [3.8, 4) is 5.88 Å².